The van der Waals surface area contributed by atoms with Crippen LogP contribution in [0.25, 0.3) is 22.3 Å². The van der Waals surface area contributed by atoms with E-state index in [1.54, 1.807) is 0 Å². The summed E-state index contributed by atoms with van der Waals surface area (Å²) < 4.78 is 0. The molecule has 0 unspecified atom stereocenters. The van der Waals surface area contributed by atoms with E-state index in [4.69, 9.17) is 0 Å². The van der Waals surface area contributed by atoms with Crippen LogP contribution in [0.1, 0.15) is 29.2 Å². The highest BCUT2D eigenvalue weighted by Gasteiger charge is 2.10. The molecule has 0 spiro atoms. The quantitative estimate of drug-likeness (QED) is 0.517. The summed E-state index contributed by atoms with van der Waals surface area (Å²) in [5.74, 6) is 0. The summed E-state index contributed by atoms with van der Waals surface area (Å²) in [4.78, 5) is 0. The molecule has 23 heavy (non-hydrogen) atoms. The van der Waals surface area contributed by atoms with Gasteiger partial charge in [-0.15, -0.1) is 0 Å². The van der Waals surface area contributed by atoms with Crippen LogP contribution in [0.15, 0.2) is 60.7 Å². The van der Waals surface area contributed by atoms with Crippen LogP contribution in [-0.4, -0.2) is 0 Å². The molecule has 3 rings (SSSR count). The minimum Gasteiger partial charge on any atom is -0.0613 e. The average molecular weight is 300 g/mol. The summed E-state index contributed by atoms with van der Waals surface area (Å²) in [5, 5.41) is 0. The van der Waals surface area contributed by atoms with Crippen LogP contribution in [0.2, 0.25) is 0 Å². The van der Waals surface area contributed by atoms with Gasteiger partial charge in [-0.05, 0) is 60.6 Å². The van der Waals surface area contributed by atoms with E-state index in [1.807, 2.05) is 0 Å². The average Bonchev–Trinajstić information content (AvgIpc) is 2.56. The Morgan fingerprint density at radius 3 is 1.57 bits per heavy atom. The molecule has 0 saturated heterocycles. The zero-order valence-electron chi connectivity index (χ0n) is 14.5. The Morgan fingerprint density at radius 2 is 1.09 bits per heavy atom. The number of benzene rings is 3. The van der Waals surface area contributed by atoms with E-state index < -0.39 is 0 Å². The largest absolute Gasteiger partial charge is 0.0613 e. The summed E-state index contributed by atoms with van der Waals surface area (Å²) in [6, 6.07) is 22.4. The van der Waals surface area contributed by atoms with E-state index in [0.29, 0.717) is 0 Å². The van der Waals surface area contributed by atoms with Crippen molar-refractivity contribution in [2.45, 2.75) is 34.1 Å². The van der Waals surface area contributed by atoms with E-state index in [2.05, 4.69) is 88.4 Å². The van der Waals surface area contributed by atoms with Gasteiger partial charge in [0.25, 0.3) is 0 Å². The minimum atomic E-state index is 1.04. The maximum Gasteiger partial charge on any atom is -0.0149 e. The van der Waals surface area contributed by atoms with Crippen LogP contribution < -0.4 is 0 Å². The van der Waals surface area contributed by atoms with E-state index in [9.17, 15) is 0 Å². The normalized spacial score (nSPS) is 10.8. The standard InChI is InChI=1S/C23H24/c1-5-19-15-22(20-10-6-16(2)7-11-20)18(4)14-23(19)21-12-8-17(3)9-13-21/h6-15H,5H2,1-4H3. The molecule has 3 aromatic rings. The van der Waals surface area contributed by atoms with Gasteiger partial charge in [-0.25, -0.2) is 0 Å². The molecule has 0 saturated carbocycles. The zero-order valence-corrected chi connectivity index (χ0v) is 14.5. The summed E-state index contributed by atoms with van der Waals surface area (Å²) in [5.41, 5.74) is 10.7. The minimum absolute atomic E-state index is 1.04. The maximum atomic E-state index is 2.37. The van der Waals surface area contributed by atoms with E-state index in [0.717, 1.165) is 6.42 Å². The summed E-state index contributed by atoms with van der Waals surface area (Å²) >= 11 is 0. The Balaban J connectivity index is 2.12. The second-order valence-electron chi connectivity index (χ2n) is 6.41. The summed E-state index contributed by atoms with van der Waals surface area (Å²) in [6.07, 6.45) is 1.04. The highest BCUT2D eigenvalue weighted by Crippen LogP contribution is 2.32. The predicted molar refractivity (Wildman–Crippen MR) is 101 cm³/mol. The molecule has 3 aromatic carbocycles. The van der Waals surface area contributed by atoms with Crippen LogP contribution in [0.3, 0.4) is 0 Å². The molecule has 0 aliphatic rings. The van der Waals surface area contributed by atoms with E-state index >= 15 is 0 Å². The monoisotopic (exact) mass is 300 g/mol. The van der Waals surface area contributed by atoms with Gasteiger partial charge >= 0.3 is 0 Å². The fourth-order valence-electron chi connectivity index (χ4n) is 3.09. The van der Waals surface area contributed by atoms with Crippen LogP contribution in [0.4, 0.5) is 0 Å². The topological polar surface area (TPSA) is 0 Å². The van der Waals surface area contributed by atoms with Gasteiger partial charge in [-0.3, -0.25) is 0 Å². The molecule has 0 heterocycles. The van der Waals surface area contributed by atoms with Gasteiger partial charge in [-0.1, -0.05) is 78.7 Å². The fraction of sp³-hybridized carbons (Fsp3) is 0.217. The van der Waals surface area contributed by atoms with Crippen LogP contribution in [0.5, 0.6) is 0 Å². The third-order valence-corrected chi connectivity index (χ3v) is 4.56. The Bertz CT molecular complexity index is 806. The van der Waals surface area contributed by atoms with Gasteiger partial charge in [0.2, 0.25) is 0 Å². The molecule has 0 fully saturated rings. The molecule has 0 aromatic heterocycles. The number of hydrogen-bond donors (Lipinski definition) is 0. The Morgan fingerprint density at radius 1 is 0.609 bits per heavy atom. The van der Waals surface area contributed by atoms with Crippen molar-refractivity contribution < 1.29 is 0 Å². The molecular weight excluding hydrogens is 276 g/mol. The van der Waals surface area contributed by atoms with Crippen molar-refractivity contribution in [2.24, 2.45) is 0 Å². The van der Waals surface area contributed by atoms with Crippen LogP contribution in [0, 0.1) is 20.8 Å². The van der Waals surface area contributed by atoms with Crippen molar-refractivity contribution in [3.8, 4) is 22.3 Å². The third kappa shape index (κ3) is 3.22. The molecule has 0 amide bonds. The smallest absolute Gasteiger partial charge is 0.0149 e. The first-order valence-corrected chi connectivity index (χ1v) is 8.36. The van der Waals surface area contributed by atoms with Gasteiger partial charge in [-0.2, -0.15) is 0 Å². The van der Waals surface area contributed by atoms with Crippen molar-refractivity contribution in [1.29, 1.82) is 0 Å². The summed E-state index contributed by atoms with van der Waals surface area (Å²) in [7, 11) is 0. The van der Waals surface area contributed by atoms with Crippen molar-refractivity contribution in [2.75, 3.05) is 0 Å². The van der Waals surface area contributed by atoms with Crippen LogP contribution in [-0.2, 0) is 6.42 Å². The molecule has 0 aliphatic carbocycles. The Kier molecular flexibility index (Phi) is 4.34. The predicted octanol–water partition coefficient (Wildman–Crippen LogP) is 6.51. The fourth-order valence-corrected chi connectivity index (χ4v) is 3.09. The molecule has 0 aliphatic heterocycles. The van der Waals surface area contributed by atoms with Gasteiger partial charge < -0.3 is 0 Å². The van der Waals surface area contributed by atoms with E-state index in [-0.39, 0.29) is 0 Å². The molecule has 0 radical (unpaired) electrons. The summed E-state index contributed by atoms with van der Waals surface area (Å²) in [6.45, 7) is 8.72. The van der Waals surface area contributed by atoms with Crippen molar-refractivity contribution in [1.82, 2.24) is 0 Å². The maximum absolute atomic E-state index is 2.37. The molecule has 0 N–H and O–H groups in total. The van der Waals surface area contributed by atoms with Crippen molar-refractivity contribution in [3.05, 3.63) is 82.9 Å². The Hall–Kier alpha value is -2.34. The molecule has 0 heteroatoms. The SMILES string of the molecule is CCc1cc(-c2ccc(C)cc2)c(C)cc1-c1ccc(C)cc1. The highest BCUT2D eigenvalue weighted by atomic mass is 14.1. The lowest BCUT2D eigenvalue weighted by Crippen LogP contribution is -1.93. The first-order valence-electron chi connectivity index (χ1n) is 8.36. The molecule has 0 nitrogen and oxygen atoms in total. The Labute approximate surface area is 139 Å². The van der Waals surface area contributed by atoms with Gasteiger partial charge in [0.1, 0.15) is 0 Å². The first-order chi connectivity index (χ1) is 11.1. The van der Waals surface area contributed by atoms with E-state index in [1.165, 1.54) is 44.5 Å². The lowest BCUT2D eigenvalue weighted by atomic mass is 9.90. The number of aryl methyl sites for hydroxylation is 4. The molecular formula is C23H24. The number of rotatable bonds is 3. The van der Waals surface area contributed by atoms with Gasteiger partial charge in [0.15, 0.2) is 0 Å². The lowest BCUT2D eigenvalue weighted by Gasteiger charge is -2.15. The van der Waals surface area contributed by atoms with Crippen LogP contribution >= 0.6 is 0 Å². The van der Waals surface area contributed by atoms with Crippen molar-refractivity contribution >= 4 is 0 Å². The van der Waals surface area contributed by atoms with Crippen molar-refractivity contribution in [3.63, 3.8) is 0 Å². The lowest BCUT2D eigenvalue weighted by molar-refractivity contribution is 1.14. The number of hydrogen-bond acceptors (Lipinski definition) is 0. The zero-order chi connectivity index (χ0) is 16.4. The first kappa shape index (κ1) is 15.6. The van der Waals surface area contributed by atoms with Gasteiger partial charge in [0.05, 0.1) is 0 Å². The third-order valence-electron chi connectivity index (χ3n) is 4.56. The molecule has 0 bridgehead atoms. The molecule has 0 atom stereocenters. The second kappa shape index (κ2) is 6.42. The van der Waals surface area contributed by atoms with Gasteiger partial charge in [0, 0.05) is 0 Å². The second-order valence-corrected chi connectivity index (χ2v) is 6.41. The molecule has 116 valence electrons. The highest BCUT2D eigenvalue weighted by molar-refractivity contribution is 5.76.